The van der Waals surface area contributed by atoms with E-state index in [4.69, 9.17) is 5.73 Å². The van der Waals surface area contributed by atoms with Gasteiger partial charge in [-0.1, -0.05) is 6.07 Å². The Morgan fingerprint density at radius 3 is 3.07 bits per heavy atom. The highest BCUT2D eigenvalue weighted by molar-refractivity contribution is 5.83. The van der Waals surface area contributed by atoms with Gasteiger partial charge in [0.05, 0.1) is 0 Å². The van der Waals surface area contributed by atoms with E-state index in [9.17, 15) is 4.79 Å². The molecule has 1 unspecified atom stereocenters. The molecule has 0 spiro atoms. The fourth-order valence-electron chi connectivity index (χ4n) is 2.03. The lowest BCUT2D eigenvalue weighted by atomic mass is 10.2. The first-order valence-corrected chi connectivity index (χ1v) is 5.18. The van der Waals surface area contributed by atoms with Gasteiger partial charge in [0, 0.05) is 12.2 Å². The number of pyridine rings is 1. The fourth-order valence-corrected chi connectivity index (χ4v) is 2.03. The molecule has 2 N–H and O–H groups in total. The number of amides is 1. The van der Waals surface area contributed by atoms with Crippen molar-refractivity contribution in [3.8, 4) is 0 Å². The van der Waals surface area contributed by atoms with Gasteiger partial charge in [0.15, 0.2) is 0 Å². The lowest BCUT2D eigenvalue weighted by Crippen LogP contribution is -2.40. The summed E-state index contributed by atoms with van der Waals surface area (Å²) in [6.07, 6.45) is 1.84. The maximum absolute atomic E-state index is 11.2. The van der Waals surface area contributed by atoms with Gasteiger partial charge in [0.25, 0.3) is 0 Å². The van der Waals surface area contributed by atoms with Crippen LogP contribution in [-0.2, 0) is 4.79 Å². The van der Waals surface area contributed by atoms with E-state index in [1.165, 1.54) is 0 Å². The predicted molar refractivity (Wildman–Crippen MR) is 58.5 cm³/mol. The van der Waals surface area contributed by atoms with Crippen LogP contribution in [0.5, 0.6) is 0 Å². The summed E-state index contributed by atoms with van der Waals surface area (Å²) < 4.78 is 0. The summed E-state index contributed by atoms with van der Waals surface area (Å²) in [6.45, 7) is 2.81. The lowest BCUT2D eigenvalue weighted by Gasteiger charge is -2.23. The zero-order valence-corrected chi connectivity index (χ0v) is 8.81. The Morgan fingerprint density at radius 1 is 1.60 bits per heavy atom. The molecular weight excluding hydrogens is 190 g/mol. The molecule has 80 valence electrons. The first-order valence-electron chi connectivity index (χ1n) is 5.18. The standard InChI is InChI=1S/C11H15N3O/c1-8-4-2-6-10(13-8)14-7-3-5-9(14)11(12)15/h2,4,6,9H,3,5,7H2,1H3,(H2,12,15). The highest BCUT2D eigenvalue weighted by Gasteiger charge is 2.29. The van der Waals surface area contributed by atoms with Gasteiger partial charge in [-0.25, -0.2) is 4.98 Å². The second-order valence-corrected chi connectivity index (χ2v) is 3.89. The molecule has 1 aromatic heterocycles. The number of carbonyl (C=O) groups is 1. The summed E-state index contributed by atoms with van der Waals surface area (Å²) in [5.41, 5.74) is 6.32. The van der Waals surface area contributed by atoms with E-state index in [1.807, 2.05) is 30.0 Å². The summed E-state index contributed by atoms with van der Waals surface area (Å²) in [4.78, 5) is 17.6. The zero-order valence-electron chi connectivity index (χ0n) is 8.81. The molecular formula is C11H15N3O. The molecule has 1 fully saturated rings. The maximum Gasteiger partial charge on any atom is 0.240 e. The van der Waals surface area contributed by atoms with Gasteiger partial charge >= 0.3 is 0 Å². The third kappa shape index (κ3) is 1.93. The van der Waals surface area contributed by atoms with Gasteiger partial charge in [0.2, 0.25) is 5.91 Å². The summed E-state index contributed by atoms with van der Waals surface area (Å²) in [6, 6.07) is 5.64. The topological polar surface area (TPSA) is 59.2 Å². The molecule has 1 atom stereocenters. The molecule has 4 nitrogen and oxygen atoms in total. The Morgan fingerprint density at radius 2 is 2.40 bits per heavy atom. The van der Waals surface area contributed by atoms with Crippen LogP contribution in [0.25, 0.3) is 0 Å². The molecule has 0 bridgehead atoms. The van der Waals surface area contributed by atoms with Crippen molar-refractivity contribution < 1.29 is 4.79 Å². The number of carbonyl (C=O) groups excluding carboxylic acids is 1. The Labute approximate surface area is 89.1 Å². The molecule has 4 heteroatoms. The van der Waals surface area contributed by atoms with Crippen LogP contribution in [0, 0.1) is 6.92 Å². The average molecular weight is 205 g/mol. The molecule has 1 saturated heterocycles. The molecule has 1 aromatic rings. The smallest absolute Gasteiger partial charge is 0.240 e. The van der Waals surface area contributed by atoms with E-state index in [-0.39, 0.29) is 11.9 Å². The van der Waals surface area contributed by atoms with Crippen LogP contribution in [0.4, 0.5) is 5.82 Å². The fraction of sp³-hybridized carbons (Fsp3) is 0.455. The number of primary amides is 1. The molecule has 0 saturated carbocycles. The first-order chi connectivity index (χ1) is 7.18. The van der Waals surface area contributed by atoms with Crippen LogP contribution in [0.3, 0.4) is 0 Å². The monoisotopic (exact) mass is 205 g/mol. The van der Waals surface area contributed by atoms with E-state index in [0.29, 0.717) is 0 Å². The van der Waals surface area contributed by atoms with Crippen LogP contribution in [0.15, 0.2) is 18.2 Å². The van der Waals surface area contributed by atoms with Gasteiger partial charge in [0.1, 0.15) is 11.9 Å². The summed E-state index contributed by atoms with van der Waals surface area (Å²) in [5, 5.41) is 0. The number of nitrogens with two attached hydrogens (primary N) is 1. The molecule has 2 rings (SSSR count). The number of hydrogen-bond acceptors (Lipinski definition) is 3. The average Bonchev–Trinajstić information content (AvgIpc) is 2.65. The van der Waals surface area contributed by atoms with Gasteiger partial charge < -0.3 is 10.6 Å². The highest BCUT2D eigenvalue weighted by Crippen LogP contribution is 2.23. The zero-order chi connectivity index (χ0) is 10.8. The molecule has 0 aromatic carbocycles. The minimum Gasteiger partial charge on any atom is -0.368 e. The highest BCUT2D eigenvalue weighted by atomic mass is 16.1. The quantitative estimate of drug-likeness (QED) is 0.778. The van der Waals surface area contributed by atoms with Crippen molar-refractivity contribution in [2.75, 3.05) is 11.4 Å². The molecule has 1 amide bonds. The number of anilines is 1. The number of aromatic nitrogens is 1. The molecule has 15 heavy (non-hydrogen) atoms. The van der Waals surface area contributed by atoms with Crippen LogP contribution < -0.4 is 10.6 Å². The molecule has 1 aliphatic heterocycles. The maximum atomic E-state index is 11.2. The predicted octanol–water partition coefficient (Wildman–Crippen LogP) is 0.844. The summed E-state index contributed by atoms with van der Waals surface area (Å²) in [7, 11) is 0. The van der Waals surface area contributed by atoms with Crippen LogP contribution in [0.1, 0.15) is 18.5 Å². The van der Waals surface area contributed by atoms with Gasteiger partial charge in [-0.15, -0.1) is 0 Å². The molecule has 0 radical (unpaired) electrons. The van der Waals surface area contributed by atoms with E-state index in [2.05, 4.69) is 4.98 Å². The Hall–Kier alpha value is -1.58. The van der Waals surface area contributed by atoms with E-state index in [1.54, 1.807) is 0 Å². The van der Waals surface area contributed by atoms with E-state index in [0.717, 1.165) is 30.9 Å². The summed E-state index contributed by atoms with van der Waals surface area (Å²) >= 11 is 0. The van der Waals surface area contributed by atoms with Crippen molar-refractivity contribution in [1.82, 2.24) is 4.98 Å². The van der Waals surface area contributed by atoms with Crippen molar-refractivity contribution in [2.24, 2.45) is 5.73 Å². The number of rotatable bonds is 2. The van der Waals surface area contributed by atoms with Crippen molar-refractivity contribution in [3.63, 3.8) is 0 Å². The van der Waals surface area contributed by atoms with Crippen molar-refractivity contribution in [3.05, 3.63) is 23.9 Å². The minimum atomic E-state index is -0.254. The third-order valence-electron chi connectivity index (χ3n) is 2.75. The first kappa shape index (κ1) is 9.96. The molecule has 1 aliphatic rings. The number of nitrogens with zero attached hydrogens (tertiary/aromatic N) is 2. The summed E-state index contributed by atoms with van der Waals surface area (Å²) in [5.74, 6) is 0.604. The van der Waals surface area contributed by atoms with Gasteiger partial charge in [-0.05, 0) is 31.9 Å². The third-order valence-corrected chi connectivity index (χ3v) is 2.75. The van der Waals surface area contributed by atoms with Gasteiger partial charge in [-0.2, -0.15) is 0 Å². The molecule has 2 heterocycles. The SMILES string of the molecule is Cc1cccc(N2CCCC2C(N)=O)n1. The largest absolute Gasteiger partial charge is 0.368 e. The van der Waals surface area contributed by atoms with E-state index >= 15 is 0 Å². The lowest BCUT2D eigenvalue weighted by molar-refractivity contribution is -0.119. The Kier molecular flexibility index (Phi) is 2.58. The second kappa shape index (κ2) is 3.88. The Bertz CT molecular complexity index is 378. The number of aryl methyl sites for hydroxylation is 1. The van der Waals surface area contributed by atoms with Crippen molar-refractivity contribution in [1.29, 1.82) is 0 Å². The normalized spacial score (nSPS) is 20.6. The van der Waals surface area contributed by atoms with Crippen LogP contribution in [0.2, 0.25) is 0 Å². The Balaban J connectivity index is 2.26. The molecule has 0 aliphatic carbocycles. The van der Waals surface area contributed by atoms with Gasteiger partial charge in [-0.3, -0.25) is 4.79 Å². The van der Waals surface area contributed by atoms with Crippen molar-refractivity contribution in [2.45, 2.75) is 25.8 Å². The van der Waals surface area contributed by atoms with Crippen LogP contribution in [-0.4, -0.2) is 23.5 Å². The van der Waals surface area contributed by atoms with Crippen LogP contribution >= 0.6 is 0 Å². The minimum absolute atomic E-state index is 0.181. The van der Waals surface area contributed by atoms with E-state index < -0.39 is 0 Å². The second-order valence-electron chi connectivity index (χ2n) is 3.89. The van der Waals surface area contributed by atoms with Crippen molar-refractivity contribution >= 4 is 11.7 Å². The number of hydrogen-bond donors (Lipinski definition) is 1.